The standard InChI is InChI=1S/C19H24N4O2/c1-13-17(15-5-3-4-6-16(15)20-13)19(25)23-11-14(12-23)18(24)22-9-7-21(2)8-10-22/h3-6,14,20H,7-12H2,1-2H3. The van der Waals surface area contributed by atoms with Gasteiger partial charge in [0.15, 0.2) is 0 Å². The first-order valence-electron chi connectivity index (χ1n) is 8.88. The van der Waals surface area contributed by atoms with E-state index in [-0.39, 0.29) is 17.7 Å². The van der Waals surface area contributed by atoms with Crippen molar-refractivity contribution in [2.24, 2.45) is 5.92 Å². The third kappa shape index (κ3) is 2.80. The summed E-state index contributed by atoms with van der Waals surface area (Å²) in [6.45, 7) is 6.43. The number of likely N-dealkylation sites (N-methyl/N-ethyl adjacent to an activating group) is 1. The van der Waals surface area contributed by atoms with Gasteiger partial charge in [0.25, 0.3) is 5.91 Å². The Bertz CT molecular complexity index is 814. The van der Waals surface area contributed by atoms with Crippen molar-refractivity contribution in [2.75, 3.05) is 46.3 Å². The summed E-state index contributed by atoms with van der Waals surface area (Å²) in [6.07, 6.45) is 0. The Hall–Kier alpha value is -2.34. The lowest BCUT2D eigenvalue weighted by Crippen LogP contribution is -2.58. The number of aromatic nitrogens is 1. The maximum atomic E-state index is 12.9. The number of H-pyrrole nitrogens is 1. The van der Waals surface area contributed by atoms with E-state index >= 15 is 0 Å². The summed E-state index contributed by atoms with van der Waals surface area (Å²) in [4.78, 5) is 34.7. The number of benzene rings is 1. The number of nitrogens with zero attached hydrogens (tertiary/aromatic N) is 3. The van der Waals surface area contributed by atoms with Crippen molar-refractivity contribution in [2.45, 2.75) is 6.92 Å². The Morgan fingerprint density at radius 3 is 2.44 bits per heavy atom. The number of nitrogens with one attached hydrogen (secondary N) is 1. The van der Waals surface area contributed by atoms with Gasteiger partial charge in [0, 0.05) is 55.9 Å². The highest BCUT2D eigenvalue weighted by molar-refractivity contribution is 6.08. The second kappa shape index (κ2) is 6.19. The van der Waals surface area contributed by atoms with Crippen molar-refractivity contribution in [3.63, 3.8) is 0 Å². The van der Waals surface area contributed by atoms with Crippen molar-refractivity contribution < 1.29 is 9.59 Å². The molecule has 0 saturated carbocycles. The summed E-state index contributed by atoms with van der Waals surface area (Å²) in [5.74, 6) is 0.183. The monoisotopic (exact) mass is 340 g/mol. The molecule has 25 heavy (non-hydrogen) atoms. The number of piperazine rings is 1. The lowest BCUT2D eigenvalue weighted by molar-refractivity contribution is -0.141. The predicted molar refractivity (Wildman–Crippen MR) is 96.5 cm³/mol. The fourth-order valence-electron chi connectivity index (χ4n) is 3.80. The molecule has 0 unspecified atom stereocenters. The summed E-state index contributed by atoms with van der Waals surface area (Å²) in [7, 11) is 2.08. The van der Waals surface area contributed by atoms with Gasteiger partial charge in [0.2, 0.25) is 5.91 Å². The summed E-state index contributed by atoms with van der Waals surface area (Å²) < 4.78 is 0. The van der Waals surface area contributed by atoms with E-state index in [1.54, 1.807) is 4.90 Å². The smallest absolute Gasteiger partial charge is 0.256 e. The first kappa shape index (κ1) is 16.1. The highest BCUT2D eigenvalue weighted by atomic mass is 16.2. The zero-order valence-electron chi connectivity index (χ0n) is 14.8. The molecule has 1 aromatic heterocycles. The first-order chi connectivity index (χ1) is 12.0. The van der Waals surface area contributed by atoms with Crippen LogP contribution in [0.3, 0.4) is 0 Å². The SMILES string of the molecule is Cc1[nH]c2ccccc2c1C(=O)N1CC(C(=O)N2CCN(C)CC2)C1. The molecule has 1 aromatic carbocycles. The normalized spacial score (nSPS) is 19.3. The molecule has 6 heteroatoms. The van der Waals surface area contributed by atoms with Crippen LogP contribution in [0.15, 0.2) is 24.3 Å². The molecule has 0 spiro atoms. The van der Waals surface area contributed by atoms with Crippen LogP contribution < -0.4 is 0 Å². The Balaban J connectivity index is 1.42. The quantitative estimate of drug-likeness (QED) is 0.897. The second-order valence-corrected chi connectivity index (χ2v) is 7.21. The number of carbonyl (C=O) groups excluding carboxylic acids is 2. The van der Waals surface area contributed by atoms with E-state index in [1.165, 1.54) is 0 Å². The van der Waals surface area contributed by atoms with Gasteiger partial charge in [0.1, 0.15) is 0 Å². The largest absolute Gasteiger partial charge is 0.358 e. The van der Waals surface area contributed by atoms with Crippen LogP contribution >= 0.6 is 0 Å². The van der Waals surface area contributed by atoms with Crippen molar-refractivity contribution in [1.29, 1.82) is 0 Å². The molecule has 2 aliphatic heterocycles. The van der Waals surface area contributed by atoms with Gasteiger partial charge in [-0.2, -0.15) is 0 Å². The highest BCUT2D eigenvalue weighted by Crippen LogP contribution is 2.27. The number of fused-ring (bicyclic) bond motifs is 1. The van der Waals surface area contributed by atoms with E-state index in [2.05, 4.69) is 16.9 Å². The summed E-state index contributed by atoms with van der Waals surface area (Å²) in [5, 5.41) is 0.957. The van der Waals surface area contributed by atoms with E-state index in [0.717, 1.165) is 48.3 Å². The molecular weight excluding hydrogens is 316 g/mol. The molecule has 2 amide bonds. The first-order valence-corrected chi connectivity index (χ1v) is 8.88. The molecule has 132 valence electrons. The number of amides is 2. The van der Waals surface area contributed by atoms with Gasteiger partial charge in [-0.05, 0) is 20.0 Å². The van der Waals surface area contributed by atoms with Crippen molar-refractivity contribution in [3.05, 3.63) is 35.5 Å². The van der Waals surface area contributed by atoms with Gasteiger partial charge in [-0.3, -0.25) is 9.59 Å². The Morgan fingerprint density at radius 2 is 1.72 bits per heavy atom. The average molecular weight is 340 g/mol. The van der Waals surface area contributed by atoms with Crippen LogP contribution in [0, 0.1) is 12.8 Å². The summed E-state index contributed by atoms with van der Waals surface area (Å²) >= 11 is 0. The van der Waals surface area contributed by atoms with E-state index in [0.29, 0.717) is 13.1 Å². The topological polar surface area (TPSA) is 59.7 Å². The van der Waals surface area contributed by atoms with E-state index in [9.17, 15) is 9.59 Å². The summed E-state index contributed by atoms with van der Waals surface area (Å²) in [5.41, 5.74) is 2.61. The number of rotatable bonds is 2. The number of hydrogen-bond donors (Lipinski definition) is 1. The zero-order valence-corrected chi connectivity index (χ0v) is 14.8. The number of likely N-dealkylation sites (tertiary alicyclic amines) is 1. The van der Waals surface area contributed by atoms with Gasteiger partial charge >= 0.3 is 0 Å². The lowest BCUT2D eigenvalue weighted by atomic mass is 9.96. The van der Waals surface area contributed by atoms with Crippen molar-refractivity contribution in [1.82, 2.24) is 19.7 Å². The van der Waals surface area contributed by atoms with Crippen LogP contribution in [0.5, 0.6) is 0 Å². The fraction of sp³-hybridized carbons (Fsp3) is 0.474. The molecule has 2 aromatic rings. The van der Waals surface area contributed by atoms with E-state index in [1.807, 2.05) is 36.1 Å². The van der Waals surface area contributed by atoms with Crippen LogP contribution in [0.4, 0.5) is 0 Å². The number of aromatic amines is 1. The number of aryl methyl sites for hydroxylation is 1. The van der Waals surface area contributed by atoms with Crippen LogP contribution in [-0.2, 0) is 4.79 Å². The molecule has 0 atom stereocenters. The Labute approximate surface area is 147 Å². The molecule has 0 aliphatic carbocycles. The van der Waals surface area contributed by atoms with Gasteiger partial charge < -0.3 is 19.7 Å². The number of para-hydroxylation sites is 1. The van der Waals surface area contributed by atoms with Crippen LogP contribution in [-0.4, -0.2) is 77.8 Å². The molecule has 4 rings (SSSR count). The predicted octanol–water partition coefficient (Wildman–Crippen LogP) is 1.32. The maximum absolute atomic E-state index is 12.9. The molecule has 6 nitrogen and oxygen atoms in total. The zero-order chi connectivity index (χ0) is 17.6. The molecule has 2 fully saturated rings. The molecule has 2 aliphatic rings. The van der Waals surface area contributed by atoms with E-state index in [4.69, 9.17) is 0 Å². The minimum atomic E-state index is -0.0436. The molecule has 2 saturated heterocycles. The minimum absolute atomic E-state index is 0.0253. The molecule has 1 N–H and O–H groups in total. The van der Waals surface area contributed by atoms with Gasteiger partial charge in [-0.1, -0.05) is 18.2 Å². The number of carbonyl (C=O) groups is 2. The van der Waals surface area contributed by atoms with Crippen LogP contribution in [0.25, 0.3) is 10.9 Å². The van der Waals surface area contributed by atoms with Crippen LogP contribution in [0.2, 0.25) is 0 Å². The van der Waals surface area contributed by atoms with Crippen molar-refractivity contribution in [3.8, 4) is 0 Å². The third-order valence-corrected chi connectivity index (χ3v) is 5.44. The molecular formula is C19H24N4O2. The van der Waals surface area contributed by atoms with E-state index < -0.39 is 0 Å². The maximum Gasteiger partial charge on any atom is 0.256 e. The molecule has 3 heterocycles. The molecule has 0 bridgehead atoms. The van der Waals surface area contributed by atoms with Gasteiger partial charge in [-0.25, -0.2) is 0 Å². The average Bonchev–Trinajstić information content (AvgIpc) is 2.89. The minimum Gasteiger partial charge on any atom is -0.358 e. The number of hydrogen-bond acceptors (Lipinski definition) is 3. The second-order valence-electron chi connectivity index (χ2n) is 7.21. The van der Waals surface area contributed by atoms with Gasteiger partial charge in [0.05, 0.1) is 11.5 Å². The summed E-state index contributed by atoms with van der Waals surface area (Å²) in [6, 6.07) is 7.86. The van der Waals surface area contributed by atoms with Gasteiger partial charge in [-0.15, -0.1) is 0 Å². The fourth-order valence-corrected chi connectivity index (χ4v) is 3.80. The lowest BCUT2D eigenvalue weighted by Gasteiger charge is -2.42. The Morgan fingerprint density at radius 1 is 1.04 bits per heavy atom. The van der Waals surface area contributed by atoms with Crippen LogP contribution in [0.1, 0.15) is 16.1 Å². The third-order valence-electron chi connectivity index (χ3n) is 5.44. The highest BCUT2D eigenvalue weighted by Gasteiger charge is 2.39. The van der Waals surface area contributed by atoms with Crippen molar-refractivity contribution >= 4 is 22.7 Å². The Kier molecular flexibility index (Phi) is 4.00. The molecule has 0 radical (unpaired) electrons.